The van der Waals surface area contributed by atoms with Crippen LogP contribution in [0.25, 0.3) is 0 Å². The number of carbonyl (C=O) groups excluding carboxylic acids is 2. The number of benzene rings is 1. The van der Waals surface area contributed by atoms with Crippen molar-refractivity contribution in [1.29, 1.82) is 0 Å². The van der Waals surface area contributed by atoms with Gasteiger partial charge in [-0.3, -0.25) is 9.59 Å². The van der Waals surface area contributed by atoms with Crippen molar-refractivity contribution in [2.75, 3.05) is 6.54 Å². The number of amides is 2. The van der Waals surface area contributed by atoms with Gasteiger partial charge in [-0.2, -0.15) is 0 Å². The van der Waals surface area contributed by atoms with Crippen molar-refractivity contribution >= 4 is 23.2 Å². The summed E-state index contributed by atoms with van der Waals surface area (Å²) in [7, 11) is 0. The van der Waals surface area contributed by atoms with Gasteiger partial charge in [-0.05, 0) is 48.6 Å². The molecule has 25 heavy (non-hydrogen) atoms. The second-order valence-electron chi connectivity index (χ2n) is 6.51. The summed E-state index contributed by atoms with van der Waals surface area (Å²) in [6.07, 6.45) is 4.60. The molecule has 0 saturated heterocycles. The smallest absolute Gasteiger partial charge is 0.261 e. The SMILES string of the molecule is O=C(CCNC(=O)c1cccs1)NC1CCC(c2ccccc2)CC1. The molecular weight excluding hydrogens is 332 g/mol. The fourth-order valence-corrected chi connectivity index (χ4v) is 4.02. The summed E-state index contributed by atoms with van der Waals surface area (Å²) in [5.74, 6) is 0.528. The van der Waals surface area contributed by atoms with Gasteiger partial charge in [0.05, 0.1) is 4.88 Å². The summed E-state index contributed by atoms with van der Waals surface area (Å²) >= 11 is 1.40. The van der Waals surface area contributed by atoms with Gasteiger partial charge >= 0.3 is 0 Å². The lowest BCUT2D eigenvalue weighted by molar-refractivity contribution is -0.121. The Kier molecular flexibility index (Phi) is 6.23. The van der Waals surface area contributed by atoms with Crippen LogP contribution >= 0.6 is 11.3 Å². The lowest BCUT2D eigenvalue weighted by Gasteiger charge is -2.29. The van der Waals surface area contributed by atoms with E-state index < -0.39 is 0 Å². The molecule has 0 atom stereocenters. The van der Waals surface area contributed by atoms with E-state index in [2.05, 4.69) is 34.9 Å². The minimum atomic E-state index is -0.105. The molecule has 1 saturated carbocycles. The zero-order chi connectivity index (χ0) is 17.5. The summed E-state index contributed by atoms with van der Waals surface area (Å²) in [5.41, 5.74) is 1.41. The minimum Gasteiger partial charge on any atom is -0.353 e. The molecule has 0 radical (unpaired) electrons. The Balaban J connectivity index is 1.34. The van der Waals surface area contributed by atoms with E-state index in [1.54, 1.807) is 6.07 Å². The topological polar surface area (TPSA) is 58.2 Å². The third-order valence-corrected chi connectivity index (χ3v) is 5.61. The summed E-state index contributed by atoms with van der Waals surface area (Å²) in [5, 5.41) is 7.77. The normalized spacial score (nSPS) is 20.0. The molecule has 1 aliphatic carbocycles. The predicted octanol–water partition coefficient (Wildman–Crippen LogP) is 3.71. The van der Waals surface area contributed by atoms with Crippen LogP contribution in [0.3, 0.4) is 0 Å². The Morgan fingerprint density at radius 2 is 1.76 bits per heavy atom. The van der Waals surface area contributed by atoms with Crippen LogP contribution in [-0.2, 0) is 4.79 Å². The summed E-state index contributed by atoms with van der Waals surface area (Å²) in [6, 6.07) is 14.5. The molecule has 0 aliphatic heterocycles. The van der Waals surface area contributed by atoms with Gasteiger partial charge in [0, 0.05) is 19.0 Å². The Bertz CT molecular complexity index is 677. The highest BCUT2D eigenvalue weighted by atomic mass is 32.1. The third kappa shape index (κ3) is 5.16. The van der Waals surface area contributed by atoms with Crippen LogP contribution in [0.1, 0.15) is 53.3 Å². The standard InChI is InChI=1S/C20H24N2O2S/c23-19(12-13-21-20(24)18-7-4-14-25-18)22-17-10-8-16(9-11-17)15-5-2-1-3-6-15/h1-7,14,16-17H,8-13H2,(H,21,24)(H,22,23). The third-order valence-electron chi connectivity index (χ3n) is 4.75. The van der Waals surface area contributed by atoms with Gasteiger partial charge in [0.2, 0.25) is 5.91 Å². The average Bonchev–Trinajstić information content (AvgIpc) is 3.18. The van der Waals surface area contributed by atoms with Crippen LogP contribution in [0.15, 0.2) is 47.8 Å². The first-order valence-corrected chi connectivity index (χ1v) is 9.76. The maximum absolute atomic E-state index is 12.1. The van der Waals surface area contributed by atoms with Crippen molar-refractivity contribution in [2.45, 2.75) is 44.1 Å². The molecule has 1 aromatic carbocycles. The first kappa shape index (κ1) is 17.7. The van der Waals surface area contributed by atoms with E-state index in [-0.39, 0.29) is 17.9 Å². The number of carbonyl (C=O) groups is 2. The summed E-state index contributed by atoms with van der Waals surface area (Å²) in [6.45, 7) is 0.377. The van der Waals surface area contributed by atoms with E-state index in [1.165, 1.54) is 16.9 Å². The summed E-state index contributed by atoms with van der Waals surface area (Å²) in [4.78, 5) is 24.6. The fourth-order valence-electron chi connectivity index (χ4n) is 3.38. The van der Waals surface area contributed by atoms with Gasteiger partial charge in [0.25, 0.3) is 5.91 Å². The van der Waals surface area contributed by atoms with Crippen LogP contribution < -0.4 is 10.6 Å². The van der Waals surface area contributed by atoms with Crippen molar-refractivity contribution in [2.24, 2.45) is 0 Å². The van der Waals surface area contributed by atoms with Crippen molar-refractivity contribution in [1.82, 2.24) is 10.6 Å². The number of nitrogens with one attached hydrogen (secondary N) is 2. The summed E-state index contributed by atoms with van der Waals surface area (Å²) < 4.78 is 0. The molecule has 0 unspecified atom stereocenters. The highest BCUT2D eigenvalue weighted by Crippen LogP contribution is 2.32. The highest BCUT2D eigenvalue weighted by Gasteiger charge is 2.23. The molecule has 0 spiro atoms. The predicted molar refractivity (Wildman–Crippen MR) is 101 cm³/mol. The Morgan fingerprint density at radius 3 is 2.44 bits per heavy atom. The Hall–Kier alpha value is -2.14. The van der Waals surface area contributed by atoms with Crippen LogP contribution in [0.5, 0.6) is 0 Å². The second kappa shape index (κ2) is 8.81. The lowest BCUT2D eigenvalue weighted by Crippen LogP contribution is -2.39. The first-order chi connectivity index (χ1) is 12.2. The molecule has 132 valence electrons. The monoisotopic (exact) mass is 356 g/mol. The Morgan fingerprint density at radius 1 is 1.00 bits per heavy atom. The number of rotatable bonds is 6. The van der Waals surface area contributed by atoms with Gasteiger partial charge < -0.3 is 10.6 Å². The quantitative estimate of drug-likeness (QED) is 0.829. The van der Waals surface area contributed by atoms with Crippen molar-refractivity contribution in [3.63, 3.8) is 0 Å². The van der Waals surface area contributed by atoms with Crippen LogP contribution in [0, 0.1) is 0 Å². The second-order valence-corrected chi connectivity index (χ2v) is 7.46. The molecule has 1 heterocycles. The fraction of sp³-hybridized carbons (Fsp3) is 0.400. The van der Waals surface area contributed by atoms with Crippen molar-refractivity contribution < 1.29 is 9.59 Å². The molecule has 0 bridgehead atoms. The molecule has 2 amide bonds. The van der Waals surface area contributed by atoms with Crippen LogP contribution in [-0.4, -0.2) is 24.4 Å². The minimum absolute atomic E-state index is 0.0228. The van der Waals surface area contributed by atoms with Crippen molar-refractivity contribution in [3.05, 3.63) is 58.3 Å². The lowest BCUT2D eigenvalue weighted by atomic mass is 9.82. The molecule has 5 heteroatoms. The molecule has 1 aliphatic rings. The van der Waals surface area contributed by atoms with Gasteiger partial charge in [-0.1, -0.05) is 36.4 Å². The van der Waals surface area contributed by atoms with E-state index in [9.17, 15) is 9.59 Å². The van der Waals surface area contributed by atoms with Gasteiger partial charge in [-0.25, -0.2) is 0 Å². The molecule has 4 nitrogen and oxygen atoms in total. The average molecular weight is 356 g/mol. The van der Waals surface area contributed by atoms with Crippen LogP contribution in [0.2, 0.25) is 0 Å². The maximum Gasteiger partial charge on any atom is 0.261 e. The zero-order valence-electron chi connectivity index (χ0n) is 14.2. The molecular formula is C20H24N2O2S. The van der Waals surface area contributed by atoms with E-state index in [0.717, 1.165) is 25.7 Å². The molecule has 2 N–H and O–H groups in total. The maximum atomic E-state index is 12.1. The number of hydrogen-bond donors (Lipinski definition) is 2. The van der Waals surface area contributed by atoms with Crippen molar-refractivity contribution in [3.8, 4) is 0 Å². The van der Waals surface area contributed by atoms with Gasteiger partial charge in [-0.15, -0.1) is 11.3 Å². The largest absolute Gasteiger partial charge is 0.353 e. The van der Waals surface area contributed by atoms with Crippen LogP contribution in [0.4, 0.5) is 0 Å². The van der Waals surface area contributed by atoms with E-state index in [1.807, 2.05) is 17.5 Å². The Labute approximate surface area is 152 Å². The van der Waals surface area contributed by atoms with E-state index in [4.69, 9.17) is 0 Å². The molecule has 1 fully saturated rings. The molecule has 1 aromatic heterocycles. The van der Waals surface area contributed by atoms with Gasteiger partial charge in [0.1, 0.15) is 0 Å². The highest BCUT2D eigenvalue weighted by molar-refractivity contribution is 7.12. The number of thiophene rings is 1. The molecule has 2 aromatic rings. The first-order valence-electron chi connectivity index (χ1n) is 8.88. The zero-order valence-corrected chi connectivity index (χ0v) is 15.1. The number of hydrogen-bond acceptors (Lipinski definition) is 3. The van der Waals surface area contributed by atoms with Gasteiger partial charge in [0.15, 0.2) is 0 Å². The molecule has 3 rings (SSSR count). The van der Waals surface area contributed by atoms with E-state index >= 15 is 0 Å². The van der Waals surface area contributed by atoms with E-state index in [0.29, 0.717) is 23.8 Å².